The van der Waals surface area contributed by atoms with Gasteiger partial charge >= 0.3 is 0 Å². The Balaban J connectivity index is 1.46. The van der Waals surface area contributed by atoms with Crippen LogP contribution < -0.4 is 5.32 Å². The fourth-order valence-corrected chi connectivity index (χ4v) is 4.02. The van der Waals surface area contributed by atoms with Crippen LogP contribution in [0.1, 0.15) is 43.7 Å². The van der Waals surface area contributed by atoms with Crippen LogP contribution in [-0.2, 0) is 16.1 Å². The van der Waals surface area contributed by atoms with Crippen molar-refractivity contribution in [2.45, 2.75) is 58.2 Å². The largest absolute Gasteiger partial charge is 0.351 e. The van der Waals surface area contributed by atoms with Gasteiger partial charge in [0, 0.05) is 39.1 Å². The number of amides is 2. The van der Waals surface area contributed by atoms with Crippen molar-refractivity contribution in [3.05, 3.63) is 35.4 Å². The number of piperidine rings is 1. The smallest absolute Gasteiger partial charge is 0.243 e. The lowest BCUT2D eigenvalue weighted by Gasteiger charge is -2.33. The first-order chi connectivity index (χ1) is 12.0. The third-order valence-corrected chi connectivity index (χ3v) is 5.38. The minimum atomic E-state index is -0.261. The predicted molar refractivity (Wildman–Crippen MR) is 98.0 cm³/mol. The Morgan fingerprint density at radius 3 is 2.60 bits per heavy atom. The molecule has 1 atom stereocenters. The van der Waals surface area contributed by atoms with Gasteiger partial charge in [0.05, 0.1) is 0 Å². The van der Waals surface area contributed by atoms with Crippen LogP contribution in [0.25, 0.3) is 0 Å². The topological polar surface area (TPSA) is 52.7 Å². The molecule has 1 N–H and O–H groups in total. The van der Waals surface area contributed by atoms with Crippen molar-refractivity contribution in [1.82, 2.24) is 15.1 Å². The number of nitrogens with zero attached hydrogens (tertiary/aromatic N) is 2. The lowest BCUT2D eigenvalue weighted by molar-refractivity contribution is -0.137. The van der Waals surface area contributed by atoms with E-state index in [1.54, 1.807) is 11.8 Å². The molecule has 2 aliphatic heterocycles. The molecular weight excluding hydrogens is 314 g/mol. The molecule has 2 saturated heterocycles. The average molecular weight is 343 g/mol. The van der Waals surface area contributed by atoms with Crippen molar-refractivity contribution in [3.8, 4) is 0 Å². The second-order valence-electron chi connectivity index (χ2n) is 7.42. The van der Waals surface area contributed by atoms with E-state index >= 15 is 0 Å². The Morgan fingerprint density at radius 1 is 1.16 bits per heavy atom. The average Bonchev–Trinajstić information content (AvgIpc) is 3.07. The molecule has 0 bridgehead atoms. The second-order valence-corrected chi connectivity index (χ2v) is 7.42. The molecule has 0 unspecified atom stereocenters. The highest BCUT2D eigenvalue weighted by Gasteiger charge is 2.33. The second kappa shape index (κ2) is 8.00. The van der Waals surface area contributed by atoms with Gasteiger partial charge in [0.2, 0.25) is 11.8 Å². The van der Waals surface area contributed by atoms with E-state index in [1.165, 1.54) is 11.1 Å². The number of hydrogen-bond acceptors (Lipinski definition) is 3. The van der Waals surface area contributed by atoms with Crippen LogP contribution in [0.2, 0.25) is 0 Å². The molecule has 2 fully saturated rings. The number of hydrogen-bond donors (Lipinski definition) is 1. The van der Waals surface area contributed by atoms with Gasteiger partial charge in [0.15, 0.2) is 0 Å². The van der Waals surface area contributed by atoms with Crippen molar-refractivity contribution in [1.29, 1.82) is 0 Å². The quantitative estimate of drug-likeness (QED) is 0.911. The van der Waals surface area contributed by atoms with Gasteiger partial charge in [-0.15, -0.1) is 0 Å². The molecule has 0 aliphatic carbocycles. The first-order valence-corrected chi connectivity index (χ1v) is 9.38. The van der Waals surface area contributed by atoms with E-state index in [-0.39, 0.29) is 23.9 Å². The van der Waals surface area contributed by atoms with Gasteiger partial charge in [0.1, 0.15) is 6.04 Å². The van der Waals surface area contributed by atoms with Crippen LogP contribution in [0.4, 0.5) is 0 Å². The van der Waals surface area contributed by atoms with Crippen LogP contribution >= 0.6 is 0 Å². The Morgan fingerprint density at radius 2 is 1.92 bits per heavy atom. The molecule has 0 radical (unpaired) electrons. The zero-order valence-corrected chi connectivity index (χ0v) is 15.3. The summed E-state index contributed by atoms with van der Waals surface area (Å²) in [5.74, 6) is 0.0375. The Hall–Kier alpha value is -1.88. The maximum Gasteiger partial charge on any atom is 0.243 e. The molecule has 2 heterocycles. The van der Waals surface area contributed by atoms with E-state index in [0.717, 1.165) is 45.3 Å². The molecular formula is C20H29N3O2. The Kier molecular flexibility index (Phi) is 5.74. The lowest BCUT2D eigenvalue weighted by Crippen LogP contribution is -2.51. The van der Waals surface area contributed by atoms with Gasteiger partial charge in [-0.2, -0.15) is 0 Å². The number of carbonyl (C=O) groups is 2. The monoisotopic (exact) mass is 343 g/mol. The summed E-state index contributed by atoms with van der Waals surface area (Å²) < 4.78 is 0. The summed E-state index contributed by atoms with van der Waals surface area (Å²) in [5.41, 5.74) is 2.65. The zero-order valence-electron chi connectivity index (χ0n) is 15.3. The molecule has 2 amide bonds. The third-order valence-electron chi connectivity index (χ3n) is 5.38. The van der Waals surface area contributed by atoms with Crippen molar-refractivity contribution in [2.24, 2.45) is 0 Å². The summed E-state index contributed by atoms with van der Waals surface area (Å²) in [5, 5.41) is 3.18. The Bertz CT molecular complexity index is 623. The molecule has 0 spiro atoms. The third kappa shape index (κ3) is 4.60. The van der Waals surface area contributed by atoms with Gasteiger partial charge in [-0.1, -0.05) is 29.8 Å². The minimum absolute atomic E-state index is 0.00521. The Labute approximate surface area is 150 Å². The molecule has 2 aliphatic rings. The zero-order chi connectivity index (χ0) is 17.8. The summed E-state index contributed by atoms with van der Waals surface area (Å²) in [4.78, 5) is 28.3. The molecule has 25 heavy (non-hydrogen) atoms. The SMILES string of the molecule is CC(=O)N1CCC[C@@H]1C(=O)NC1CCN(Cc2cccc(C)c2)CC1. The van der Waals surface area contributed by atoms with E-state index in [1.807, 2.05) is 0 Å². The molecule has 5 heteroatoms. The normalized spacial score (nSPS) is 22.2. The van der Waals surface area contributed by atoms with Crippen LogP contribution in [-0.4, -0.2) is 53.3 Å². The van der Waals surface area contributed by atoms with Crippen molar-refractivity contribution >= 4 is 11.8 Å². The first kappa shape index (κ1) is 17.9. The van der Waals surface area contributed by atoms with Gasteiger partial charge in [-0.3, -0.25) is 14.5 Å². The molecule has 1 aromatic carbocycles. The molecule has 136 valence electrons. The van der Waals surface area contributed by atoms with Crippen LogP contribution in [0, 0.1) is 6.92 Å². The maximum atomic E-state index is 12.5. The standard InChI is InChI=1S/C20H29N3O2/c1-15-5-3-6-17(13-15)14-22-11-8-18(9-12-22)21-20(25)19-7-4-10-23(19)16(2)24/h3,5-6,13,18-19H,4,7-12,14H2,1-2H3,(H,21,25)/t19-/m1/s1. The molecule has 5 nitrogen and oxygen atoms in total. The molecule has 1 aromatic rings. The van der Waals surface area contributed by atoms with Crippen molar-refractivity contribution in [2.75, 3.05) is 19.6 Å². The van der Waals surface area contributed by atoms with Crippen LogP contribution in [0.15, 0.2) is 24.3 Å². The highest BCUT2D eigenvalue weighted by atomic mass is 16.2. The van der Waals surface area contributed by atoms with Crippen molar-refractivity contribution in [3.63, 3.8) is 0 Å². The van der Waals surface area contributed by atoms with E-state index < -0.39 is 0 Å². The van der Waals surface area contributed by atoms with Crippen molar-refractivity contribution < 1.29 is 9.59 Å². The summed E-state index contributed by atoms with van der Waals surface area (Å²) in [6.45, 7) is 7.36. The number of carbonyl (C=O) groups excluding carboxylic acids is 2. The summed E-state index contributed by atoms with van der Waals surface area (Å²) in [6.07, 6.45) is 3.67. The molecule has 0 aromatic heterocycles. The summed E-state index contributed by atoms with van der Waals surface area (Å²) in [6, 6.07) is 8.62. The highest BCUT2D eigenvalue weighted by Crippen LogP contribution is 2.19. The van der Waals surface area contributed by atoms with Gasteiger partial charge in [-0.25, -0.2) is 0 Å². The van der Waals surface area contributed by atoms with E-state index in [2.05, 4.69) is 41.4 Å². The number of aryl methyl sites for hydroxylation is 1. The number of rotatable bonds is 4. The maximum absolute atomic E-state index is 12.5. The first-order valence-electron chi connectivity index (χ1n) is 9.38. The summed E-state index contributed by atoms with van der Waals surface area (Å²) >= 11 is 0. The predicted octanol–water partition coefficient (Wildman–Crippen LogP) is 2.09. The lowest BCUT2D eigenvalue weighted by atomic mass is 10.0. The van der Waals surface area contributed by atoms with Crippen LogP contribution in [0.3, 0.4) is 0 Å². The number of benzene rings is 1. The van der Waals surface area contributed by atoms with E-state index in [9.17, 15) is 9.59 Å². The van der Waals surface area contributed by atoms with E-state index in [0.29, 0.717) is 6.54 Å². The summed E-state index contributed by atoms with van der Waals surface area (Å²) in [7, 11) is 0. The minimum Gasteiger partial charge on any atom is -0.351 e. The highest BCUT2D eigenvalue weighted by molar-refractivity contribution is 5.87. The van der Waals surface area contributed by atoms with Gasteiger partial charge in [-0.05, 0) is 38.2 Å². The van der Waals surface area contributed by atoms with Gasteiger partial charge in [0.25, 0.3) is 0 Å². The van der Waals surface area contributed by atoms with Crippen LogP contribution in [0.5, 0.6) is 0 Å². The van der Waals surface area contributed by atoms with Gasteiger partial charge < -0.3 is 10.2 Å². The molecule has 0 saturated carbocycles. The van der Waals surface area contributed by atoms with E-state index in [4.69, 9.17) is 0 Å². The number of nitrogens with one attached hydrogen (secondary N) is 1. The molecule has 3 rings (SSSR count). The fourth-order valence-electron chi connectivity index (χ4n) is 4.02. The fraction of sp³-hybridized carbons (Fsp3) is 0.600. The number of likely N-dealkylation sites (tertiary alicyclic amines) is 2.